The largest absolute Gasteiger partial charge is 1.00 e. The predicted octanol–water partition coefficient (Wildman–Crippen LogP) is -0.427. The molecule has 0 N–H and O–H groups in total. The molecular weight excluding hydrogens is 363 g/mol. The lowest BCUT2D eigenvalue weighted by molar-refractivity contribution is -0.500. The number of esters is 1. The van der Waals surface area contributed by atoms with Crippen molar-refractivity contribution in [1.82, 2.24) is 4.57 Å². The van der Waals surface area contributed by atoms with Crippen LogP contribution in [-0.4, -0.2) is 41.0 Å². The number of carbonyl (C=O) groups excluding carboxylic acids is 1. The highest BCUT2D eigenvalue weighted by Crippen LogP contribution is 2.23. The molecule has 0 amide bonds. The number of halogens is 2. The quantitative estimate of drug-likeness (QED) is 0.531. The van der Waals surface area contributed by atoms with Crippen LogP contribution in [0.3, 0.4) is 0 Å². The summed E-state index contributed by atoms with van der Waals surface area (Å²) in [5.74, 6) is -0.668. The van der Waals surface area contributed by atoms with Gasteiger partial charge in [-0.05, 0) is 13.0 Å². The minimum atomic E-state index is -0.352. The zero-order valence-electron chi connectivity index (χ0n) is 13.1. The lowest BCUT2D eigenvalue weighted by atomic mass is 10.2. The Bertz CT molecular complexity index is 732. The average Bonchev–Trinajstić information content (AvgIpc) is 3.09. The van der Waals surface area contributed by atoms with E-state index in [4.69, 9.17) is 4.74 Å². The second-order valence-electron chi connectivity index (χ2n) is 5.53. The molecule has 1 aliphatic rings. The Morgan fingerprint density at radius 2 is 2.13 bits per heavy atom. The van der Waals surface area contributed by atoms with Gasteiger partial charge < -0.3 is 26.3 Å². The first-order valence-corrected chi connectivity index (χ1v) is 7.71. The lowest BCUT2D eigenvalue weighted by Gasteiger charge is -2.05. The number of hydrogen-bond donors (Lipinski definition) is 0. The second-order valence-corrected chi connectivity index (χ2v) is 5.53. The first-order chi connectivity index (χ1) is 10.7. The summed E-state index contributed by atoms with van der Waals surface area (Å²) in [4.78, 5) is 11.7. The van der Waals surface area contributed by atoms with Crippen molar-refractivity contribution >= 4 is 23.1 Å². The van der Waals surface area contributed by atoms with Crippen LogP contribution >= 0.6 is 0 Å². The van der Waals surface area contributed by atoms with Gasteiger partial charge in [0, 0.05) is 24.4 Å². The highest BCUT2D eigenvalue weighted by molar-refractivity contribution is 5.98. The van der Waals surface area contributed by atoms with Crippen molar-refractivity contribution < 1.29 is 35.5 Å². The summed E-state index contributed by atoms with van der Waals surface area (Å²) in [6.45, 7) is 4.17. The molecule has 6 heteroatoms. The molecule has 0 unspecified atom stereocenters. The Hall–Kier alpha value is -1.69. The van der Waals surface area contributed by atoms with Crippen molar-refractivity contribution in [1.29, 1.82) is 0 Å². The normalized spacial score (nSPS) is 13.9. The van der Waals surface area contributed by atoms with E-state index in [-0.39, 0.29) is 35.3 Å². The molecule has 124 valence electrons. The SMILES string of the molecule is CCOC(=O)Cn1cc(C=[N+]2CCCC2)c2cccc(F)c21.[Br-]. The Kier molecular flexibility index (Phi) is 5.93. The fourth-order valence-corrected chi connectivity index (χ4v) is 2.98. The van der Waals surface area contributed by atoms with Crippen LogP contribution in [0.5, 0.6) is 0 Å². The van der Waals surface area contributed by atoms with Gasteiger partial charge in [-0.25, -0.2) is 8.97 Å². The molecule has 1 aromatic heterocycles. The summed E-state index contributed by atoms with van der Waals surface area (Å²) < 4.78 is 23.1. The Morgan fingerprint density at radius 1 is 1.39 bits per heavy atom. The maximum Gasteiger partial charge on any atom is 0.325 e. The number of rotatable bonds is 4. The lowest BCUT2D eigenvalue weighted by Crippen LogP contribution is -3.00. The fraction of sp³-hybridized carbons (Fsp3) is 0.412. The third kappa shape index (κ3) is 3.80. The Balaban J connectivity index is 0.00000192. The van der Waals surface area contributed by atoms with E-state index in [1.54, 1.807) is 17.6 Å². The molecule has 1 fully saturated rings. The molecule has 1 saturated heterocycles. The van der Waals surface area contributed by atoms with Crippen molar-refractivity contribution in [2.24, 2.45) is 0 Å². The number of hydrogen-bond acceptors (Lipinski definition) is 2. The number of ether oxygens (including phenoxy) is 1. The van der Waals surface area contributed by atoms with Crippen LogP contribution in [0.1, 0.15) is 25.3 Å². The molecule has 0 saturated carbocycles. The van der Waals surface area contributed by atoms with Crippen LogP contribution in [0.4, 0.5) is 4.39 Å². The molecule has 0 spiro atoms. The predicted molar refractivity (Wildman–Crippen MR) is 82.9 cm³/mol. The number of carbonyl (C=O) groups is 1. The Labute approximate surface area is 145 Å². The molecule has 1 aromatic carbocycles. The summed E-state index contributed by atoms with van der Waals surface area (Å²) in [5.41, 5.74) is 1.40. The van der Waals surface area contributed by atoms with Crippen LogP contribution in [-0.2, 0) is 16.1 Å². The smallest absolute Gasteiger partial charge is 0.325 e. The van der Waals surface area contributed by atoms with Gasteiger partial charge in [-0.2, -0.15) is 0 Å². The van der Waals surface area contributed by atoms with Crippen LogP contribution in [0.25, 0.3) is 10.9 Å². The Morgan fingerprint density at radius 3 is 2.83 bits per heavy atom. The first-order valence-electron chi connectivity index (χ1n) is 7.71. The number of para-hydroxylation sites is 1. The summed E-state index contributed by atoms with van der Waals surface area (Å²) in [6.07, 6.45) is 6.28. The van der Waals surface area contributed by atoms with E-state index in [0.29, 0.717) is 12.1 Å². The van der Waals surface area contributed by atoms with Gasteiger partial charge >= 0.3 is 5.97 Å². The third-order valence-corrected chi connectivity index (χ3v) is 3.95. The number of benzene rings is 1. The zero-order valence-corrected chi connectivity index (χ0v) is 14.7. The molecule has 2 aromatic rings. The van der Waals surface area contributed by atoms with Crippen molar-refractivity contribution in [3.63, 3.8) is 0 Å². The monoisotopic (exact) mass is 382 g/mol. The van der Waals surface area contributed by atoms with E-state index in [0.717, 1.165) is 24.0 Å². The second kappa shape index (κ2) is 7.73. The van der Waals surface area contributed by atoms with Crippen molar-refractivity contribution in [2.45, 2.75) is 26.3 Å². The molecule has 23 heavy (non-hydrogen) atoms. The fourth-order valence-electron chi connectivity index (χ4n) is 2.98. The van der Waals surface area contributed by atoms with Gasteiger partial charge in [-0.15, -0.1) is 0 Å². The topological polar surface area (TPSA) is 34.2 Å². The molecule has 0 atom stereocenters. The molecule has 4 nitrogen and oxygen atoms in total. The molecule has 0 radical (unpaired) electrons. The maximum atomic E-state index is 14.2. The molecule has 0 aliphatic carbocycles. The summed E-state index contributed by atoms with van der Waals surface area (Å²) >= 11 is 0. The summed E-state index contributed by atoms with van der Waals surface area (Å²) in [6, 6.07) is 5.01. The van der Waals surface area contributed by atoms with Gasteiger partial charge in [0.2, 0.25) is 0 Å². The highest BCUT2D eigenvalue weighted by atomic mass is 79.9. The van der Waals surface area contributed by atoms with Gasteiger partial charge in [0.15, 0.2) is 6.21 Å². The van der Waals surface area contributed by atoms with Crippen molar-refractivity contribution in [3.8, 4) is 0 Å². The average molecular weight is 383 g/mol. The molecule has 0 bridgehead atoms. The van der Waals surface area contributed by atoms with Crippen LogP contribution < -0.4 is 17.0 Å². The van der Waals surface area contributed by atoms with Crippen LogP contribution in [0, 0.1) is 5.82 Å². The van der Waals surface area contributed by atoms with E-state index < -0.39 is 0 Å². The van der Waals surface area contributed by atoms with E-state index >= 15 is 0 Å². The molecular formula is C17H20BrFN2O2. The van der Waals surface area contributed by atoms with Gasteiger partial charge in [0.25, 0.3) is 0 Å². The zero-order chi connectivity index (χ0) is 15.5. The maximum absolute atomic E-state index is 14.2. The van der Waals surface area contributed by atoms with E-state index in [9.17, 15) is 9.18 Å². The molecule has 1 aliphatic heterocycles. The molecule has 2 heterocycles. The van der Waals surface area contributed by atoms with E-state index in [1.165, 1.54) is 18.9 Å². The minimum absolute atomic E-state index is 0. The summed E-state index contributed by atoms with van der Waals surface area (Å²) in [5, 5.41) is 0.830. The van der Waals surface area contributed by atoms with E-state index in [1.807, 2.05) is 12.3 Å². The number of nitrogens with zero attached hydrogens (tertiary/aromatic N) is 2. The third-order valence-electron chi connectivity index (χ3n) is 3.95. The van der Waals surface area contributed by atoms with Gasteiger partial charge in [0.05, 0.1) is 17.7 Å². The van der Waals surface area contributed by atoms with Crippen molar-refractivity contribution in [2.75, 3.05) is 19.7 Å². The highest BCUT2D eigenvalue weighted by Gasteiger charge is 2.18. The van der Waals surface area contributed by atoms with Gasteiger partial charge in [-0.3, -0.25) is 4.79 Å². The minimum Gasteiger partial charge on any atom is -1.00 e. The number of aromatic nitrogens is 1. The van der Waals surface area contributed by atoms with Crippen molar-refractivity contribution in [3.05, 3.63) is 35.8 Å². The van der Waals surface area contributed by atoms with Gasteiger partial charge in [0.1, 0.15) is 25.5 Å². The van der Waals surface area contributed by atoms with Crippen LogP contribution in [0.2, 0.25) is 0 Å². The first kappa shape index (κ1) is 17.7. The van der Waals surface area contributed by atoms with E-state index in [2.05, 4.69) is 10.8 Å². The molecule has 3 rings (SSSR count). The van der Waals surface area contributed by atoms with Gasteiger partial charge in [-0.1, -0.05) is 12.1 Å². The standard InChI is InChI=1S/C17H20FN2O2.BrH/c1-2-22-16(21)12-20-11-13(10-19-8-3-4-9-19)14-6-5-7-15(18)17(14)20;/h5-7,10-11H,2-4,8-9,12H2,1H3;1H/q+1;/p-1. The number of fused-ring (bicyclic) bond motifs is 1. The summed E-state index contributed by atoms with van der Waals surface area (Å²) in [7, 11) is 0. The van der Waals surface area contributed by atoms with Crippen LogP contribution in [0.15, 0.2) is 24.4 Å².